The van der Waals surface area contributed by atoms with Gasteiger partial charge in [-0.3, -0.25) is 0 Å². The predicted molar refractivity (Wildman–Crippen MR) is 73.5 cm³/mol. The van der Waals surface area contributed by atoms with E-state index in [1.54, 1.807) is 4.90 Å². The molecule has 3 rings (SSSR count). The summed E-state index contributed by atoms with van der Waals surface area (Å²) in [5, 5.41) is 19.3. The zero-order chi connectivity index (χ0) is 16.0. The number of carbonyl (C=O) groups excluding carboxylic acids is 1. The lowest BCUT2D eigenvalue weighted by molar-refractivity contribution is -0.139. The van der Waals surface area contributed by atoms with Gasteiger partial charge in [-0.1, -0.05) is 5.16 Å². The molecule has 0 aliphatic carbocycles. The van der Waals surface area contributed by atoms with E-state index >= 15 is 0 Å². The third-order valence-corrected chi connectivity index (χ3v) is 3.41. The smallest absolute Gasteiger partial charge is 0.410 e. The van der Waals surface area contributed by atoms with Crippen molar-refractivity contribution in [3.63, 3.8) is 0 Å². The number of nitrogens with zero attached hydrogens (tertiary/aromatic N) is 5. The molecule has 0 saturated carbocycles. The van der Waals surface area contributed by atoms with Gasteiger partial charge < -0.3 is 19.6 Å². The summed E-state index contributed by atoms with van der Waals surface area (Å²) < 4.78 is 11.1. The van der Waals surface area contributed by atoms with Crippen molar-refractivity contribution in [3.05, 3.63) is 17.2 Å². The summed E-state index contributed by atoms with van der Waals surface area (Å²) in [6, 6.07) is 0. The summed E-state index contributed by atoms with van der Waals surface area (Å²) in [7, 11) is 0. The van der Waals surface area contributed by atoms with Crippen LogP contribution >= 0.6 is 0 Å². The maximum Gasteiger partial charge on any atom is 0.410 e. The van der Waals surface area contributed by atoms with Crippen LogP contribution < -0.4 is 0 Å². The highest BCUT2D eigenvalue weighted by Gasteiger charge is 2.54. The van der Waals surface area contributed by atoms with E-state index in [1.807, 2.05) is 20.8 Å². The summed E-state index contributed by atoms with van der Waals surface area (Å²) in [4.78, 5) is 17.8. The van der Waals surface area contributed by atoms with Crippen LogP contribution in [-0.2, 0) is 21.7 Å². The quantitative estimate of drug-likeness (QED) is 0.461. The number of carbonyl (C=O) groups is 1. The fourth-order valence-electron chi connectivity index (χ4n) is 2.48. The number of ether oxygens (including phenoxy) is 2. The lowest BCUT2D eigenvalue weighted by atomic mass is 9.91. The van der Waals surface area contributed by atoms with Crippen LogP contribution in [0.15, 0.2) is 5.16 Å². The molecule has 1 spiro atoms. The Labute approximate surface area is 126 Å². The molecule has 22 heavy (non-hydrogen) atoms. The van der Waals surface area contributed by atoms with Crippen LogP contribution in [-0.4, -0.2) is 56.3 Å². The maximum atomic E-state index is 12.0. The number of amides is 1. The second-order valence-corrected chi connectivity index (χ2v) is 6.33. The van der Waals surface area contributed by atoms with Gasteiger partial charge >= 0.3 is 6.09 Å². The first kappa shape index (κ1) is 14.6. The minimum absolute atomic E-state index is 0.213. The van der Waals surface area contributed by atoms with Gasteiger partial charge in [0.25, 0.3) is 0 Å². The Bertz CT molecular complexity index is 634. The number of likely N-dealkylation sites (tertiary alicyclic amines) is 1. The van der Waals surface area contributed by atoms with Crippen molar-refractivity contribution in [1.82, 2.24) is 20.1 Å². The van der Waals surface area contributed by atoms with Crippen molar-refractivity contribution in [2.24, 2.45) is 5.16 Å². The van der Waals surface area contributed by atoms with E-state index in [0.717, 1.165) is 6.21 Å². The molecular formula is C13H17N5O4. The molecule has 0 bridgehead atoms. The van der Waals surface area contributed by atoms with E-state index in [2.05, 4.69) is 20.3 Å². The summed E-state index contributed by atoms with van der Waals surface area (Å²) in [6.45, 7) is 6.47. The lowest BCUT2D eigenvalue weighted by Gasteiger charge is -2.46. The second-order valence-electron chi connectivity index (χ2n) is 6.33. The molecule has 1 saturated heterocycles. The average molecular weight is 307 g/mol. The topological polar surface area (TPSA) is 110 Å². The number of oxime groups is 1. The van der Waals surface area contributed by atoms with E-state index in [0.29, 0.717) is 31.1 Å². The van der Waals surface area contributed by atoms with E-state index in [4.69, 9.17) is 14.7 Å². The molecule has 1 N–H and O–H groups in total. The fourth-order valence-corrected chi connectivity index (χ4v) is 2.48. The van der Waals surface area contributed by atoms with Gasteiger partial charge in [0.15, 0.2) is 5.82 Å². The molecule has 2 aliphatic rings. The highest BCUT2D eigenvalue weighted by molar-refractivity contribution is 5.73. The molecule has 0 aromatic carbocycles. The Morgan fingerprint density at radius 1 is 1.45 bits per heavy atom. The van der Waals surface area contributed by atoms with E-state index in [9.17, 15) is 4.79 Å². The van der Waals surface area contributed by atoms with Crippen LogP contribution in [0.25, 0.3) is 0 Å². The number of fused-ring (bicyclic) bond motifs is 2. The van der Waals surface area contributed by atoms with Gasteiger partial charge in [-0.2, -0.15) is 0 Å². The van der Waals surface area contributed by atoms with Gasteiger partial charge in [-0.25, -0.2) is 9.78 Å². The summed E-state index contributed by atoms with van der Waals surface area (Å²) in [6.07, 6.45) is 0.728. The first-order chi connectivity index (χ1) is 10.3. The van der Waals surface area contributed by atoms with Crippen LogP contribution in [0.1, 0.15) is 38.0 Å². The van der Waals surface area contributed by atoms with Crippen LogP contribution in [0.5, 0.6) is 0 Å². The highest BCUT2D eigenvalue weighted by Crippen LogP contribution is 2.41. The first-order valence-electron chi connectivity index (χ1n) is 6.86. The van der Waals surface area contributed by atoms with E-state index in [1.165, 1.54) is 0 Å². The van der Waals surface area contributed by atoms with E-state index < -0.39 is 11.2 Å². The molecule has 9 heteroatoms. The Morgan fingerprint density at radius 2 is 2.18 bits per heavy atom. The van der Waals surface area contributed by atoms with Crippen LogP contribution in [0.2, 0.25) is 0 Å². The molecule has 1 amide bonds. The van der Waals surface area contributed by atoms with Crippen molar-refractivity contribution in [2.75, 3.05) is 13.1 Å². The summed E-state index contributed by atoms with van der Waals surface area (Å²) >= 11 is 0. The molecule has 0 unspecified atom stereocenters. The molecule has 2 aliphatic heterocycles. The van der Waals surface area contributed by atoms with Gasteiger partial charge in [0.05, 0.1) is 25.4 Å². The second kappa shape index (κ2) is 4.87. The minimum Gasteiger partial charge on any atom is -0.444 e. The third-order valence-electron chi connectivity index (χ3n) is 3.41. The molecule has 118 valence electrons. The summed E-state index contributed by atoms with van der Waals surface area (Å²) in [5.74, 6) is 0.213. The highest BCUT2D eigenvalue weighted by atomic mass is 16.6. The molecule has 1 aromatic rings. The molecule has 1 aromatic heterocycles. The van der Waals surface area contributed by atoms with Crippen molar-refractivity contribution in [1.29, 1.82) is 0 Å². The zero-order valence-corrected chi connectivity index (χ0v) is 12.6. The SMILES string of the molecule is CC(C)(C)OC(=O)N1CC2(C1)OCc1nc(/C=N/O)nnc12. The third kappa shape index (κ3) is 2.47. The minimum atomic E-state index is -0.652. The molecule has 9 nitrogen and oxygen atoms in total. The monoisotopic (exact) mass is 307 g/mol. The largest absolute Gasteiger partial charge is 0.444 e. The molecule has 0 radical (unpaired) electrons. The van der Waals surface area contributed by atoms with Gasteiger partial charge in [-0.15, -0.1) is 10.2 Å². The van der Waals surface area contributed by atoms with Gasteiger partial charge in [0.1, 0.15) is 23.1 Å². The number of hydrogen-bond acceptors (Lipinski definition) is 8. The number of aromatic nitrogens is 3. The van der Waals surface area contributed by atoms with Crippen molar-refractivity contribution in [2.45, 2.75) is 38.6 Å². The standard InChI is InChI=1S/C13H17N5O4/c1-12(2,3)22-11(19)18-6-13(7-18)10-8(5-21-13)15-9(4-14-20)16-17-10/h4,20H,5-7H2,1-3H3/b14-4+. The number of rotatable bonds is 1. The predicted octanol–water partition coefficient (Wildman–Crippen LogP) is 0.656. The Morgan fingerprint density at radius 3 is 2.82 bits per heavy atom. The Hall–Kier alpha value is -2.29. The molecular weight excluding hydrogens is 290 g/mol. The summed E-state index contributed by atoms with van der Waals surface area (Å²) in [5.41, 5.74) is 0.0890. The van der Waals surface area contributed by atoms with Crippen molar-refractivity contribution >= 4 is 12.3 Å². The van der Waals surface area contributed by atoms with Gasteiger partial charge in [0, 0.05) is 0 Å². The van der Waals surface area contributed by atoms with Crippen molar-refractivity contribution < 1.29 is 19.5 Å². The lowest BCUT2D eigenvalue weighted by Crippen LogP contribution is -2.62. The average Bonchev–Trinajstić information content (AvgIpc) is 2.74. The van der Waals surface area contributed by atoms with Crippen LogP contribution in [0, 0.1) is 0 Å². The normalized spacial score (nSPS) is 19.3. The maximum absolute atomic E-state index is 12.0. The molecule has 1 fully saturated rings. The van der Waals surface area contributed by atoms with E-state index in [-0.39, 0.29) is 11.9 Å². The first-order valence-corrected chi connectivity index (χ1v) is 6.86. The fraction of sp³-hybridized carbons (Fsp3) is 0.615. The number of hydrogen-bond donors (Lipinski definition) is 1. The van der Waals surface area contributed by atoms with Crippen molar-refractivity contribution in [3.8, 4) is 0 Å². The molecule has 3 heterocycles. The zero-order valence-electron chi connectivity index (χ0n) is 12.6. The van der Waals surface area contributed by atoms with Gasteiger partial charge in [-0.05, 0) is 20.8 Å². The van der Waals surface area contributed by atoms with Crippen LogP contribution in [0.4, 0.5) is 4.79 Å². The van der Waals surface area contributed by atoms with Gasteiger partial charge in [0.2, 0.25) is 0 Å². The Balaban J connectivity index is 1.72. The Kier molecular flexibility index (Phi) is 3.24. The molecule has 0 atom stereocenters. The van der Waals surface area contributed by atoms with Crippen LogP contribution in [0.3, 0.4) is 0 Å².